The monoisotopic (exact) mass is 465 g/mol. The van der Waals surface area contributed by atoms with Crippen LogP contribution in [-0.2, 0) is 20.4 Å². The summed E-state index contributed by atoms with van der Waals surface area (Å²) in [5.41, 5.74) is -1.09. The van der Waals surface area contributed by atoms with Crippen LogP contribution in [0.5, 0.6) is 0 Å². The van der Waals surface area contributed by atoms with Gasteiger partial charge in [0.25, 0.3) is 0 Å². The molecule has 8 nitrogen and oxygen atoms in total. The van der Waals surface area contributed by atoms with Crippen LogP contribution in [0.4, 0.5) is 24.8 Å². The molecule has 178 valence electrons. The number of halogens is 3. The van der Waals surface area contributed by atoms with Crippen molar-refractivity contribution < 1.29 is 27.4 Å². The van der Waals surface area contributed by atoms with Gasteiger partial charge < -0.3 is 20.1 Å². The number of amides is 1. The second kappa shape index (κ2) is 10.4. The number of aromatic nitrogens is 3. The second-order valence-corrected chi connectivity index (χ2v) is 8.21. The SMILES string of the molecule is O=C(Nc1cc(-c2cncc(NCC3CCOCC3)n2)c(C(F)(F)F)cn1)C1CCOCC1. The first-order chi connectivity index (χ1) is 15.9. The third-order valence-electron chi connectivity index (χ3n) is 5.88. The number of hydrogen-bond donors (Lipinski definition) is 2. The highest BCUT2D eigenvalue weighted by Gasteiger charge is 2.35. The Hall–Kier alpha value is -2.79. The van der Waals surface area contributed by atoms with E-state index < -0.39 is 11.7 Å². The molecule has 0 spiro atoms. The molecule has 33 heavy (non-hydrogen) atoms. The number of ether oxygens (including phenoxy) is 2. The molecule has 0 bridgehead atoms. The Morgan fingerprint density at radius 2 is 1.70 bits per heavy atom. The van der Waals surface area contributed by atoms with E-state index in [-0.39, 0.29) is 28.9 Å². The van der Waals surface area contributed by atoms with E-state index in [9.17, 15) is 18.0 Å². The number of carbonyl (C=O) groups excluding carboxylic acids is 1. The van der Waals surface area contributed by atoms with Gasteiger partial charge in [0.2, 0.25) is 5.91 Å². The van der Waals surface area contributed by atoms with Crippen LogP contribution in [0.2, 0.25) is 0 Å². The third-order valence-corrected chi connectivity index (χ3v) is 5.88. The highest BCUT2D eigenvalue weighted by molar-refractivity contribution is 5.92. The van der Waals surface area contributed by atoms with Gasteiger partial charge >= 0.3 is 6.18 Å². The summed E-state index contributed by atoms with van der Waals surface area (Å²) in [6.07, 6.45) is 1.78. The molecule has 2 aromatic rings. The highest BCUT2D eigenvalue weighted by Crippen LogP contribution is 2.37. The molecule has 0 unspecified atom stereocenters. The Morgan fingerprint density at radius 1 is 1.00 bits per heavy atom. The van der Waals surface area contributed by atoms with Crippen LogP contribution < -0.4 is 10.6 Å². The van der Waals surface area contributed by atoms with E-state index in [1.807, 2.05) is 0 Å². The zero-order valence-corrected chi connectivity index (χ0v) is 18.0. The van der Waals surface area contributed by atoms with Gasteiger partial charge in [0, 0.05) is 50.7 Å². The maximum atomic E-state index is 13.7. The highest BCUT2D eigenvalue weighted by atomic mass is 19.4. The number of rotatable bonds is 6. The van der Waals surface area contributed by atoms with Crippen LogP contribution in [0.25, 0.3) is 11.3 Å². The standard InChI is InChI=1S/C22H26F3N5O3/c23-22(24,25)17-11-28-19(30-21(31)15-3-7-33-8-4-15)9-16(17)18-12-26-13-20(29-18)27-10-14-1-5-32-6-2-14/h9,11-15H,1-8,10H2,(H,27,29)(H,28,30,31). The Kier molecular flexibility index (Phi) is 7.39. The predicted molar refractivity (Wildman–Crippen MR) is 114 cm³/mol. The maximum absolute atomic E-state index is 13.7. The summed E-state index contributed by atoms with van der Waals surface area (Å²) < 4.78 is 51.7. The van der Waals surface area contributed by atoms with Crippen molar-refractivity contribution in [2.75, 3.05) is 43.6 Å². The molecule has 2 N–H and O–H groups in total. The minimum absolute atomic E-state index is 0.0388. The van der Waals surface area contributed by atoms with Crippen LogP contribution in [0.1, 0.15) is 31.2 Å². The van der Waals surface area contributed by atoms with E-state index in [4.69, 9.17) is 9.47 Å². The molecule has 2 aliphatic rings. The van der Waals surface area contributed by atoms with Gasteiger partial charge in [-0.3, -0.25) is 9.78 Å². The van der Waals surface area contributed by atoms with Crippen LogP contribution in [0.15, 0.2) is 24.7 Å². The molecule has 0 saturated carbocycles. The van der Waals surface area contributed by atoms with Crippen LogP contribution in [0, 0.1) is 11.8 Å². The summed E-state index contributed by atoms with van der Waals surface area (Å²) in [5.74, 6) is 0.287. The molecule has 2 aromatic heterocycles. The van der Waals surface area contributed by atoms with Gasteiger partial charge in [0.05, 0.1) is 23.7 Å². The quantitative estimate of drug-likeness (QED) is 0.670. The fourth-order valence-corrected chi connectivity index (χ4v) is 3.93. The summed E-state index contributed by atoms with van der Waals surface area (Å²) in [4.78, 5) is 24.8. The van der Waals surface area contributed by atoms with Crippen molar-refractivity contribution in [1.29, 1.82) is 0 Å². The predicted octanol–water partition coefficient (Wildman–Crippen LogP) is 3.76. The molecule has 4 rings (SSSR count). The first-order valence-corrected chi connectivity index (χ1v) is 11.0. The van der Waals surface area contributed by atoms with Crippen molar-refractivity contribution in [2.24, 2.45) is 11.8 Å². The van der Waals surface area contributed by atoms with Gasteiger partial charge in [-0.25, -0.2) is 9.97 Å². The number of alkyl halides is 3. The zero-order chi connectivity index (χ0) is 23.3. The lowest BCUT2D eigenvalue weighted by molar-refractivity contribution is -0.137. The molecule has 0 atom stereocenters. The van der Waals surface area contributed by atoms with E-state index in [0.29, 0.717) is 57.5 Å². The molecular formula is C22H26F3N5O3. The van der Waals surface area contributed by atoms with Crippen LogP contribution >= 0.6 is 0 Å². The van der Waals surface area contributed by atoms with E-state index in [1.165, 1.54) is 18.5 Å². The lowest BCUT2D eigenvalue weighted by Gasteiger charge is -2.22. The molecular weight excluding hydrogens is 439 g/mol. The number of anilines is 2. The molecule has 4 heterocycles. The summed E-state index contributed by atoms with van der Waals surface area (Å²) >= 11 is 0. The normalized spacial score (nSPS) is 18.2. The molecule has 0 aliphatic carbocycles. The number of carbonyl (C=O) groups is 1. The minimum atomic E-state index is -4.64. The Morgan fingerprint density at radius 3 is 2.39 bits per heavy atom. The van der Waals surface area contributed by atoms with Gasteiger partial charge in [-0.2, -0.15) is 13.2 Å². The first kappa shape index (κ1) is 23.4. The number of hydrogen-bond acceptors (Lipinski definition) is 7. The number of nitrogens with zero attached hydrogens (tertiary/aromatic N) is 3. The zero-order valence-electron chi connectivity index (χ0n) is 18.0. The van der Waals surface area contributed by atoms with Crippen molar-refractivity contribution in [1.82, 2.24) is 15.0 Å². The van der Waals surface area contributed by atoms with Gasteiger partial charge in [-0.05, 0) is 37.7 Å². The van der Waals surface area contributed by atoms with E-state index in [2.05, 4.69) is 25.6 Å². The summed E-state index contributed by atoms with van der Waals surface area (Å²) in [6, 6.07) is 1.20. The van der Waals surface area contributed by atoms with E-state index in [0.717, 1.165) is 19.0 Å². The molecule has 2 fully saturated rings. The fraction of sp³-hybridized carbons (Fsp3) is 0.545. The minimum Gasteiger partial charge on any atom is -0.381 e. The molecule has 0 aromatic carbocycles. The van der Waals surface area contributed by atoms with Crippen molar-refractivity contribution in [3.05, 3.63) is 30.2 Å². The average Bonchev–Trinajstić information content (AvgIpc) is 2.83. The van der Waals surface area contributed by atoms with Crippen molar-refractivity contribution in [2.45, 2.75) is 31.9 Å². The van der Waals surface area contributed by atoms with Crippen LogP contribution in [-0.4, -0.2) is 53.8 Å². The molecule has 11 heteroatoms. The Labute approximate surface area is 189 Å². The first-order valence-electron chi connectivity index (χ1n) is 11.0. The van der Waals surface area contributed by atoms with Crippen molar-refractivity contribution >= 4 is 17.5 Å². The molecule has 0 radical (unpaired) electrons. The second-order valence-electron chi connectivity index (χ2n) is 8.21. The van der Waals surface area contributed by atoms with Gasteiger partial charge in [0.15, 0.2) is 0 Å². The van der Waals surface area contributed by atoms with E-state index >= 15 is 0 Å². The fourth-order valence-electron chi connectivity index (χ4n) is 3.93. The summed E-state index contributed by atoms with van der Waals surface area (Å²) in [7, 11) is 0. The lowest BCUT2D eigenvalue weighted by atomic mass is 9.99. The van der Waals surface area contributed by atoms with Crippen molar-refractivity contribution in [3.63, 3.8) is 0 Å². The number of nitrogens with one attached hydrogen (secondary N) is 2. The Balaban J connectivity index is 1.55. The molecule has 2 saturated heterocycles. The number of pyridine rings is 1. The smallest absolute Gasteiger partial charge is 0.381 e. The Bertz CT molecular complexity index is 961. The summed E-state index contributed by atoms with van der Waals surface area (Å²) in [5, 5.41) is 5.80. The lowest BCUT2D eigenvalue weighted by Crippen LogP contribution is -2.29. The average molecular weight is 465 g/mol. The third kappa shape index (κ3) is 6.17. The topological polar surface area (TPSA) is 98.3 Å². The summed E-state index contributed by atoms with van der Waals surface area (Å²) in [6.45, 7) is 3.00. The van der Waals surface area contributed by atoms with E-state index in [1.54, 1.807) is 0 Å². The molecule has 1 amide bonds. The van der Waals surface area contributed by atoms with Crippen LogP contribution in [0.3, 0.4) is 0 Å². The van der Waals surface area contributed by atoms with Gasteiger partial charge in [-0.1, -0.05) is 0 Å². The van der Waals surface area contributed by atoms with Gasteiger partial charge in [0.1, 0.15) is 11.6 Å². The van der Waals surface area contributed by atoms with Crippen molar-refractivity contribution in [3.8, 4) is 11.3 Å². The largest absolute Gasteiger partial charge is 0.418 e. The van der Waals surface area contributed by atoms with Gasteiger partial charge in [-0.15, -0.1) is 0 Å². The molecule has 2 aliphatic heterocycles. The maximum Gasteiger partial charge on any atom is 0.418 e.